The van der Waals surface area contributed by atoms with Gasteiger partial charge >= 0.3 is 0 Å². The fraction of sp³-hybridized carbons (Fsp3) is 0.235. The zero-order valence-corrected chi connectivity index (χ0v) is 12.9. The summed E-state index contributed by atoms with van der Waals surface area (Å²) in [6.45, 7) is 3.79. The Labute approximate surface area is 130 Å². The fourth-order valence-electron chi connectivity index (χ4n) is 2.22. The minimum absolute atomic E-state index is 0.0481. The molecule has 2 unspecified atom stereocenters. The zero-order chi connectivity index (χ0) is 15.4. The van der Waals surface area contributed by atoms with Crippen molar-refractivity contribution < 1.29 is 4.79 Å². The van der Waals surface area contributed by atoms with Crippen LogP contribution in [-0.4, -0.2) is 5.91 Å². The average molecular weight is 303 g/mol. The molecule has 2 aromatic rings. The van der Waals surface area contributed by atoms with Gasteiger partial charge in [-0.1, -0.05) is 41.9 Å². The molecular weight excluding hydrogens is 284 g/mol. The van der Waals surface area contributed by atoms with Crippen LogP contribution in [0.3, 0.4) is 0 Å². The maximum Gasteiger partial charge on any atom is 0.227 e. The topological polar surface area (TPSA) is 55.1 Å². The molecule has 3 nitrogen and oxygen atoms in total. The van der Waals surface area contributed by atoms with E-state index >= 15 is 0 Å². The summed E-state index contributed by atoms with van der Waals surface area (Å²) in [6, 6.07) is 14.8. The second-order valence-corrected chi connectivity index (χ2v) is 5.55. The molecule has 110 valence electrons. The maximum atomic E-state index is 12.4. The van der Waals surface area contributed by atoms with Crippen LogP contribution in [0.2, 0.25) is 5.02 Å². The van der Waals surface area contributed by atoms with E-state index in [2.05, 4.69) is 5.32 Å². The summed E-state index contributed by atoms with van der Waals surface area (Å²) in [6.07, 6.45) is 0. The summed E-state index contributed by atoms with van der Waals surface area (Å²) < 4.78 is 0. The molecule has 0 aliphatic carbocycles. The number of carbonyl (C=O) groups is 1. The van der Waals surface area contributed by atoms with Crippen LogP contribution >= 0.6 is 11.6 Å². The summed E-state index contributed by atoms with van der Waals surface area (Å²) >= 11 is 6.15. The van der Waals surface area contributed by atoms with E-state index in [9.17, 15) is 4.79 Å². The number of nitrogen functional groups attached to an aromatic ring is 1. The van der Waals surface area contributed by atoms with E-state index in [1.807, 2.05) is 56.3 Å². The van der Waals surface area contributed by atoms with Gasteiger partial charge in [0, 0.05) is 10.7 Å². The molecule has 3 N–H and O–H groups in total. The number of halogens is 1. The van der Waals surface area contributed by atoms with Crippen LogP contribution in [0.4, 0.5) is 5.69 Å². The number of nitrogens with one attached hydrogen (secondary N) is 1. The van der Waals surface area contributed by atoms with Crippen LogP contribution in [0, 0.1) is 0 Å². The Balaban J connectivity index is 2.09. The minimum atomic E-state index is -0.265. The smallest absolute Gasteiger partial charge is 0.227 e. The van der Waals surface area contributed by atoms with Crippen molar-refractivity contribution >= 4 is 23.2 Å². The molecule has 2 aromatic carbocycles. The SMILES string of the molecule is CC(NC(=O)C(C)c1cccc(N)c1)c1ccccc1Cl. The second kappa shape index (κ2) is 6.64. The molecule has 0 bridgehead atoms. The number of hydrogen-bond donors (Lipinski definition) is 2. The molecule has 1 amide bonds. The molecule has 21 heavy (non-hydrogen) atoms. The van der Waals surface area contributed by atoms with Crippen molar-refractivity contribution in [3.05, 3.63) is 64.7 Å². The predicted octanol–water partition coefficient (Wildman–Crippen LogP) is 3.90. The van der Waals surface area contributed by atoms with Gasteiger partial charge in [0.1, 0.15) is 0 Å². The van der Waals surface area contributed by atoms with Gasteiger partial charge in [-0.3, -0.25) is 4.79 Å². The van der Waals surface area contributed by atoms with Crippen molar-refractivity contribution in [1.29, 1.82) is 0 Å². The summed E-state index contributed by atoms with van der Waals surface area (Å²) in [7, 11) is 0. The maximum absolute atomic E-state index is 12.4. The van der Waals surface area contributed by atoms with Crippen molar-refractivity contribution in [1.82, 2.24) is 5.32 Å². The van der Waals surface area contributed by atoms with Crippen molar-refractivity contribution in [2.45, 2.75) is 25.8 Å². The van der Waals surface area contributed by atoms with Gasteiger partial charge in [-0.15, -0.1) is 0 Å². The number of nitrogens with two attached hydrogens (primary N) is 1. The lowest BCUT2D eigenvalue weighted by Gasteiger charge is -2.19. The molecule has 0 spiro atoms. The summed E-state index contributed by atoms with van der Waals surface area (Å²) in [4.78, 5) is 12.4. The third-order valence-electron chi connectivity index (χ3n) is 3.53. The largest absolute Gasteiger partial charge is 0.399 e. The fourth-order valence-corrected chi connectivity index (χ4v) is 2.52. The van der Waals surface area contributed by atoms with Gasteiger partial charge in [0.15, 0.2) is 0 Å². The first-order chi connectivity index (χ1) is 9.99. The van der Waals surface area contributed by atoms with Crippen LogP contribution in [0.25, 0.3) is 0 Å². The Morgan fingerprint density at radius 1 is 1.14 bits per heavy atom. The van der Waals surface area contributed by atoms with Gasteiger partial charge in [-0.25, -0.2) is 0 Å². The number of anilines is 1. The molecule has 0 saturated carbocycles. The predicted molar refractivity (Wildman–Crippen MR) is 87.3 cm³/mol. The van der Waals surface area contributed by atoms with Gasteiger partial charge in [-0.2, -0.15) is 0 Å². The molecular formula is C17H19ClN2O. The van der Waals surface area contributed by atoms with Gasteiger partial charge < -0.3 is 11.1 Å². The van der Waals surface area contributed by atoms with Gasteiger partial charge in [0.05, 0.1) is 12.0 Å². The molecule has 2 rings (SSSR count). The van der Waals surface area contributed by atoms with E-state index < -0.39 is 0 Å². The van der Waals surface area contributed by atoms with E-state index in [1.54, 1.807) is 6.07 Å². The molecule has 0 radical (unpaired) electrons. The molecule has 0 heterocycles. The third kappa shape index (κ3) is 3.76. The molecule has 4 heteroatoms. The van der Waals surface area contributed by atoms with Crippen LogP contribution < -0.4 is 11.1 Å². The van der Waals surface area contributed by atoms with Crippen LogP contribution in [0.15, 0.2) is 48.5 Å². The van der Waals surface area contributed by atoms with Crippen LogP contribution in [-0.2, 0) is 4.79 Å². The first-order valence-corrected chi connectivity index (χ1v) is 7.27. The first-order valence-electron chi connectivity index (χ1n) is 6.89. The van der Waals surface area contributed by atoms with Gasteiger partial charge in [-0.05, 0) is 43.2 Å². The standard InChI is InChI=1S/C17H19ClN2O/c1-11(13-6-5-7-14(19)10-13)17(21)20-12(2)15-8-3-4-9-16(15)18/h3-12H,19H2,1-2H3,(H,20,21). The van der Waals surface area contributed by atoms with Crippen molar-refractivity contribution in [2.75, 3.05) is 5.73 Å². The van der Waals surface area contributed by atoms with Crippen molar-refractivity contribution in [3.63, 3.8) is 0 Å². The molecule has 0 fully saturated rings. The van der Waals surface area contributed by atoms with Crippen LogP contribution in [0.1, 0.15) is 36.9 Å². The molecule has 0 aromatic heterocycles. The average Bonchev–Trinajstić information content (AvgIpc) is 2.46. The van der Waals surface area contributed by atoms with Gasteiger partial charge in [0.2, 0.25) is 5.91 Å². The summed E-state index contributed by atoms with van der Waals surface area (Å²) in [5.74, 6) is -0.313. The Hall–Kier alpha value is -2.00. The highest BCUT2D eigenvalue weighted by Crippen LogP contribution is 2.24. The monoisotopic (exact) mass is 302 g/mol. The molecule has 0 aliphatic rings. The molecule has 0 aliphatic heterocycles. The summed E-state index contributed by atoms with van der Waals surface area (Å²) in [5.41, 5.74) is 8.23. The highest BCUT2D eigenvalue weighted by atomic mass is 35.5. The van der Waals surface area contributed by atoms with E-state index in [0.29, 0.717) is 10.7 Å². The van der Waals surface area contributed by atoms with Crippen molar-refractivity contribution in [3.8, 4) is 0 Å². The molecule has 0 saturated heterocycles. The minimum Gasteiger partial charge on any atom is -0.399 e. The lowest BCUT2D eigenvalue weighted by atomic mass is 9.99. The van der Waals surface area contributed by atoms with Gasteiger partial charge in [0.25, 0.3) is 0 Å². The first kappa shape index (κ1) is 15.4. The van der Waals surface area contributed by atoms with Crippen LogP contribution in [0.5, 0.6) is 0 Å². The third-order valence-corrected chi connectivity index (χ3v) is 3.88. The number of rotatable bonds is 4. The Morgan fingerprint density at radius 3 is 2.52 bits per heavy atom. The van der Waals surface area contributed by atoms with E-state index in [0.717, 1.165) is 11.1 Å². The Kier molecular flexibility index (Phi) is 4.86. The lowest BCUT2D eigenvalue weighted by molar-refractivity contribution is -0.122. The Morgan fingerprint density at radius 2 is 1.86 bits per heavy atom. The van der Waals surface area contributed by atoms with E-state index in [-0.39, 0.29) is 17.9 Å². The zero-order valence-electron chi connectivity index (χ0n) is 12.1. The normalized spacial score (nSPS) is 13.5. The number of carbonyl (C=O) groups excluding carboxylic acids is 1. The van der Waals surface area contributed by atoms with E-state index in [1.165, 1.54) is 0 Å². The number of amides is 1. The number of hydrogen-bond acceptors (Lipinski definition) is 2. The number of benzene rings is 2. The quantitative estimate of drug-likeness (QED) is 0.842. The summed E-state index contributed by atoms with van der Waals surface area (Å²) in [5, 5.41) is 3.65. The Bertz CT molecular complexity index is 642. The molecule has 2 atom stereocenters. The van der Waals surface area contributed by atoms with Crippen molar-refractivity contribution in [2.24, 2.45) is 0 Å². The lowest BCUT2D eigenvalue weighted by Crippen LogP contribution is -2.30. The second-order valence-electron chi connectivity index (χ2n) is 5.14. The highest BCUT2D eigenvalue weighted by molar-refractivity contribution is 6.31. The highest BCUT2D eigenvalue weighted by Gasteiger charge is 2.19. The van der Waals surface area contributed by atoms with E-state index in [4.69, 9.17) is 17.3 Å².